The van der Waals surface area contributed by atoms with Crippen molar-refractivity contribution >= 4 is 22.8 Å². The van der Waals surface area contributed by atoms with Gasteiger partial charge in [0, 0.05) is 13.1 Å². The van der Waals surface area contributed by atoms with Crippen LogP contribution in [0.5, 0.6) is 0 Å². The van der Waals surface area contributed by atoms with Gasteiger partial charge in [-0.2, -0.15) is 0 Å². The first-order valence-electron chi connectivity index (χ1n) is 6.49. The molecule has 2 rings (SSSR count). The highest BCUT2D eigenvalue weighted by Gasteiger charge is 2.25. The van der Waals surface area contributed by atoms with Crippen LogP contribution in [-0.2, 0) is 11.2 Å². The van der Waals surface area contributed by atoms with Crippen LogP contribution in [0.15, 0.2) is 0 Å². The summed E-state index contributed by atoms with van der Waals surface area (Å²) < 4.78 is 5.71. The van der Waals surface area contributed by atoms with E-state index in [1.165, 1.54) is 11.3 Å². The molecule has 2 atom stereocenters. The first-order chi connectivity index (χ1) is 8.63. The minimum atomic E-state index is 0.215. The lowest BCUT2D eigenvalue weighted by atomic mass is 10.2. The predicted molar refractivity (Wildman–Crippen MR) is 73.7 cm³/mol. The van der Waals surface area contributed by atoms with Gasteiger partial charge in [0.2, 0.25) is 0 Å². The van der Waals surface area contributed by atoms with Crippen LogP contribution in [0.4, 0.5) is 5.13 Å². The highest BCUT2D eigenvalue weighted by atomic mass is 32.1. The largest absolute Gasteiger partial charge is 0.372 e. The summed E-state index contributed by atoms with van der Waals surface area (Å²) in [5.41, 5.74) is 0.944. The van der Waals surface area contributed by atoms with Crippen molar-refractivity contribution in [2.75, 3.05) is 18.0 Å². The van der Waals surface area contributed by atoms with Crippen LogP contribution in [0, 0.1) is 0 Å². The number of nitrogens with zero attached hydrogens (tertiary/aromatic N) is 2. The third-order valence-electron chi connectivity index (χ3n) is 3.00. The average Bonchev–Trinajstić information content (AvgIpc) is 2.71. The van der Waals surface area contributed by atoms with E-state index in [0.29, 0.717) is 0 Å². The molecule has 2 heterocycles. The molecule has 0 radical (unpaired) electrons. The molecule has 5 heteroatoms. The second kappa shape index (κ2) is 5.80. The quantitative estimate of drug-likeness (QED) is 0.787. The number of thiazole rings is 1. The van der Waals surface area contributed by atoms with Crippen molar-refractivity contribution in [1.82, 2.24) is 4.98 Å². The molecular formula is C13H20N2O2S. The van der Waals surface area contributed by atoms with E-state index in [2.05, 4.69) is 30.7 Å². The Morgan fingerprint density at radius 3 is 2.67 bits per heavy atom. The molecule has 0 saturated carbocycles. The number of hydrogen-bond donors (Lipinski definition) is 0. The number of morpholine rings is 1. The van der Waals surface area contributed by atoms with Gasteiger partial charge in [0.05, 0.1) is 22.8 Å². The summed E-state index contributed by atoms with van der Waals surface area (Å²) in [5.74, 6) is 0. The summed E-state index contributed by atoms with van der Waals surface area (Å²) in [6.07, 6.45) is 3.25. The topological polar surface area (TPSA) is 42.4 Å². The number of rotatable bonds is 4. The Hall–Kier alpha value is -0.940. The molecule has 1 fully saturated rings. The molecule has 0 N–H and O–H groups in total. The molecule has 1 aliphatic heterocycles. The summed E-state index contributed by atoms with van der Waals surface area (Å²) in [5, 5.41) is 0.961. The number of aromatic nitrogens is 1. The van der Waals surface area contributed by atoms with E-state index >= 15 is 0 Å². The molecule has 1 aliphatic rings. The van der Waals surface area contributed by atoms with Gasteiger partial charge in [0.1, 0.15) is 0 Å². The summed E-state index contributed by atoms with van der Waals surface area (Å²) >= 11 is 1.50. The van der Waals surface area contributed by atoms with E-state index in [4.69, 9.17) is 4.74 Å². The number of carbonyl (C=O) groups excluding carboxylic acids is 1. The number of aldehydes is 1. The van der Waals surface area contributed by atoms with Gasteiger partial charge in [-0.05, 0) is 20.3 Å². The third kappa shape index (κ3) is 2.90. The highest BCUT2D eigenvalue weighted by Crippen LogP contribution is 2.28. The van der Waals surface area contributed by atoms with Gasteiger partial charge in [-0.1, -0.05) is 24.7 Å². The van der Waals surface area contributed by atoms with Crippen LogP contribution in [0.25, 0.3) is 0 Å². The molecular weight excluding hydrogens is 248 g/mol. The minimum absolute atomic E-state index is 0.215. The zero-order valence-corrected chi connectivity index (χ0v) is 12.0. The third-order valence-corrected chi connectivity index (χ3v) is 4.08. The Balaban J connectivity index is 2.19. The number of ether oxygens (including phenoxy) is 1. The highest BCUT2D eigenvalue weighted by molar-refractivity contribution is 7.17. The van der Waals surface area contributed by atoms with Gasteiger partial charge >= 0.3 is 0 Å². The molecule has 1 aromatic rings. The van der Waals surface area contributed by atoms with Crippen LogP contribution in [0.2, 0.25) is 0 Å². The van der Waals surface area contributed by atoms with Crippen molar-refractivity contribution in [1.29, 1.82) is 0 Å². The monoisotopic (exact) mass is 268 g/mol. The molecule has 0 spiro atoms. The minimum Gasteiger partial charge on any atom is -0.372 e. The molecule has 0 amide bonds. The van der Waals surface area contributed by atoms with E-state index in [0.717, 1.165) is 47.9 Å². The molecule has 0 aliphatic carbocycles. The van der Waals surface area contributed by atoms with Crippen LogP contribution in [0.1, 0.15) is 42.6 Å². The van der Waals surface area contributed by atoms with Crippen molar-refractivity contribution in [2.45, 2.75) is 45.8 Å². The maximum absolute atomic E-state index is 11.1. The summed E-state index contributed by atoms with van der Waals surface area (Å²) in [6.45, 7) is 7.95. The van der Waals surface area contributed by atoms with E-state index < -0.39 is 0 Å². The van der Waals surface area contributed by atoms with E-state index in [-0.39, 0.29) is 12.2 Å². The predicted octanol–water partition coefficient (Wildman–Crippen LogP) is 2.52. The van der Waals surface area contributed by atoms with Crippen LogP contribution >= 0.6 is 11.3 Å². The Kier molecular flexibility index (Phi) is 4.35. The van der Waals surface area contributed by atoms with Crippen molar-refractivity contribution in [3.05, 3.63) is 10.6 Å². The van der Waals surface area contributed by atoms with Gasteiger partial charge in [-0.25, -0.2) is 4.98 Å². The number of carbonyl (C=O) groups is 1. The first kappa shape index (κ1) is 13.5. The number of anilines is 1. The normalized spacial score (nSPS) is 24.3. The molecule has 0 aromatic carbocycles. The molecule has 1 aromatic heterocycles. The van der Waals surface area contributed by atoms with Crippen molar-refractivity contribution < 1.29 is 9.53 Å². The molecule has 1 saturated heterocycles. The Labute approximate surface area is 112 Å². The van der Waals surface area contributed by atoms with Crippen LogP contribution < -0.4 is 4.90 Å². The van der Waals surface area contributed by atoms with Crippen molar-refractivity contribution in [2.24, 2.45) is 0 Å². The Morgan fingerprint density at radius 2 is 2.11 bits per heavy atom. The SMILES string of the molecule is CCCc1nc(N2CC(C)OC(C)C2)sc1C=O. The lowest BCUT2D eigenvalue weighted by Crippen LogP contribution is -2.45. The van der Waals surface area contributed by atoms with Gasteiger partial charge in [-0.15, -0.1) is 0 Å². The maximum atomic E-state index is 11.1. The molecule has 0 bridgehead atoms. The van der Waals surface area contributed by atoms with Gasteiger partial charge in [0.15, 0.2) is 11.4 Å². The molecule has 100 valence electrons. The smallest absolute Gasteiger partial charge is 0.186 e. The second-order valence-electron chi connectivity index (χ2n) is 4.84. The molecule has 18 heavy (non-hydrogen) atoms. The Bertz CT molecular complexity index is 409. The van der Waals surface area contributed by atoms with Gasteiger partial charge in [-0.3, -0.25) is 4.79 Å². The fourth-order valence-electron chi connectivity index (χ4n) is 2.33. The Morgan fingerprint density at radius 1 is 1.44 bits per heavy atom. The second-order valence-corrected chi connectivity index (χ2v) is 5.85. The fourth-order valence-corrected chi connectivity index (χ4v) is 3.27. The van der Waals surface area contributed by atoms with E-state index in [1.807, 2.05) is 0 Å². The lowest BCUT2D eigenvalue weighted by Gasteiger charge is -2.35. The standard InChI is InChI=1S/C13H20N2O2S/c1-4-5-11-12(8-16)18-13(14-11)15-6-9(2)17-10(3)7-15/h8-10H,4-7H2,1-3H3. The van der Waals surface area contributed by atoms with Crippen LogP contribution in [-0.4, -0.2) is 36.6 Å². The summed E-state index contributed by atoms with van der Waals surface area (Å²) in [4.78, 5) is 18.7. The summed E-state index contributed by atoms with van der Waals surface area (Å²) in [6, 6.07) is 0. The summed E-state index contributed by atoms with van der Waals surface area (Å²) in [7, 11) is 0. The maximum Gasteiger partial charge on any atom is 0.186 e. The average molecular weight is 268 g/mol. The first-order valence-corrected chi connectivity index (χ1v) is 7.31. The number of aryl methyl sites for hydroxylation is 1. The van der Waals surface area contributed by atoms with Crippen LogP contribution in [0.3, 0.4) is 0 Å². The van der Waals surface area contributed by atoms with Gasteiger partial charge < -0.3 is 9.64 Å². The molecule has 2 unspecified atom stereocenters. The zero-order chi connectivity index (χ0) is 13.1. The van der Waals surface area contributed by atoms with E-state index in [9.17, 15) is 4.79 Å². The lowest BCUT2D eigenvalue weighted by molar-refractivity contribution is -0.00523. The van der Waals surface area contributed by atoms with Crippen molar-refractivity contribution in [3.8, 4) is 0 Å². The fraction of sp³-hybridized carbons (Fsp3) is 0.692. The molecule has 4 nitrogen and oxygen atoms in total. The zero-order valence-electron chi connectivity index (χ0n) is 11.2. The number of hydrogen-bond acceptors (Lipinski definition) is 5. The van der Waals surface area contributed by atoms with E-state index in [1.54, 1.807) is 0 Å². The van der Waals surface area contributed by atoms with Crippen molar-refractivity contribution in [3.63, 3.8) is 0 Å². The van der Waals surface area contributed by atoms with Gasteiger partial charge in [0.25, 0.3) is 0 Å².